The molecular weight excluding hydrogens is 196 g/mol. The summed E-state index contributed by atoms with van der Waals surface area (Å²) in [6.45, 7) is -0.0396. The number of hydrogen-bond donors (Lipinski definition) is 3. The lowest BCUT2D eigenvalue weighted by atomic mass is 10.2. The first kappa shape index (κ1) is 9.92. The molecule has 1 heterocycles. The van der Waals surface area contributed by atoms with Crippen LogP contribution < -0.4 is 10.9 Å². The van der Waals surface area contributed by atoms with Crippen LogP contribution in [-0.4, -0.2) is 28.1 Å². The summed E-state index contributed by atoms with van der Waals surface area (Å²) in [5.41, 5.74) is -0.267. The second kappa shape index (κ2) is 3.51. The SMILES string of the molecule is O=C(NC1(CO)CC1)c1ccc(=O)[nH]c1. The van der Waals surface area contributed by atoms with Gasteiger partial charge in [-0.05, 0) is 18.9 Å². The normalized spacial score (nSPS) is 17.1. The number of nitrogens with one attached hydrogen (secondary N) is 2. The van der Waals surface area contributed by atoms with Crippen LogP contribution in [0.2, 0.25) is 0 Å². The maximum atomic E-state index is 11.6. The van der Waals surface area contributed by atoms with E-state index in [0.717, 1.165) is 12.8 Å². The zero-order valence-corrected chi connectivity index (χ0v) is 8.12. The topological polar surface area (TPSA) is 82.2 Å². The molecule has 3 N–H and O–H groups in total. The predicted molar refractivity (Wildman–Crippen MR) is 53.6 cm³/mol. The molecule has 5 heteroatoms. The van der Waals surface area contributed by atoms with Crippen molar-refractivity contribution in [3.63, 3.8) is 0 Å². The molecule has 80 valence electrons. The molecular formula is C10H12N2O3. The molecule has 0 saturated heterocycles. The lowest BCUT2D eigenvalue weighted by Gasteiger charge is -2.13. The lowest BCUT2D eigenvalue weighted by Crippen LogP contribution is -2.39. The maximum absolute atomic E-state index is 11.6. The van der Waals surface area contributed by atoms with Gasteiger partial charge in [0.1, 0.15) is 0 Å². The fraction of sp³-hybridized carbons (Fsp3) is 0.400. The average molecular weight is 208 g/mol. The highest BCUT2D eigenvalue weighted by molar-refractivity contribution is 5.94. The molecule has 15 heavy (non-hydrogen) atoms. The van der Waals surface area contributed by atoms with Gasteiger partial charge in [-0.3, -0.25) is 9.59 Å². The van der Waals surface area contributed by atoms with Crippen LogP contribution in [0.25, 0.3) is 0 Å². The predicted octanol–water partition coefficient (Wildman–Crippen LogP) is -0.370. The molecule has 1 aliphatic carbocycles. The summed E-state index contributed by atoms with van der Waals surface area (Å²) < 4.78 is 0. The second-order valence-electron chi connectivity index (χ2n) is 3.83. The summed E-state index contributed by atoms with van der Waals surface area (Å²) in [7, 11) is 0. The largest absolute Gasteiger partial charge is 0.394 e. The Balaban J connectivity index is 2.08. The third kappa shape index (κ3) is 2.07. The number of aliphatic hydroxyl groups excluding tert-OH is 1. The average Bonchev–Trinajstić information content (AvgIpc) is 2.99. The minimum absolute atomic E-state index is 0.0396. The van der Waals surface area contributed by atoms with Crippen LogP contribution in [-0.2, 0) is 0 Å². The van der Waals surface area contributed by atoms with E-state index in [1.807, 2.05) is 0 Å². The molecule has 1 amide bonds. The van der Waals surface area contributed by atoms with E-state index in [4.69, 9.17) is 5.11 Å². The highest BCUT2D eigenvalue weighted by Gasteiger charge is 2.43. The molecule has 5 nitrogen and oxygen atoms in total. The van der Waals surface area contributed by atoms with Crippen LogP contribution in [0, 0.1) is 0 Å². The molecule has 2 rings (SSSR count). The standard InChI is InChI=1S/C10H12N2O3/c13-6-10(3-4-10)12-9(15)7-1-2-8(14)11-5-7/h1-2,5,13H,3-4,6H2,(H,11,14)(H,12,15). The zero-order valence-electron chi connectivity index (χ0n) is 8.12. The molecule has 0 unspecified atom stereocenters. The minimum atomic E-state index is -0.423. The first-order valence-corrected chi connectivity index (χ1v) is 4.77. The fourth-order valence-corrected chi connectivity index (χ4v) is 1.34. The van der Waals surface area contributed by atoms with Gasteiger partial charge < -0.3 is 15.4 Å². The molecule has 1 aromatic rings. The molecule has 0 aliphatic heterocycles. The molecule has 1 aliphatic rings. The van der Waals surface area contributed by atoms with Crippen molar-refractivity contribution >= 4 is 5.91 Å². The van der Waals surface area contributed by atoms with E-state index >= 15 is 0 Å². The van der Waals surface area contributed by atoms with E-state index in [1.54, 1.807) is 0 Å². The number of carbonyl (C=O) groups is 1. The van der Waals surface area contributed by atoms with E-state index in [0.29, 0.717) is 5.56 Å². The smallest absolute Gasteiger partial charge is 0.253 e. The molecule has 0 radical (unpaired) electrons. The quantitative estimate of drug-likeness (QED) is 0.633. The van der Waals surface area contributed by atoms with Crippen LogP contribution in [0.3, 0.4) is 0 Å². The zero-order chi connectivity index (χ0) is 10.9. The number of aliphatic hydroxyl groups is 1. The van der Waals surface area contributed by atoms with Crippen LogP contribution in [0.4, 0.5) is 0 Å². The van der Waals surface area contributed by atoms with Gasteiger partial charge in [-0.25, -0.2) is 0 Å². The second-order valence-corrected chi connectivity index (χ2v) is 3.83. The van der Waals surface area contributed by atoms with Gasteiger partial charge >= 0.3 is 0 Å². The summed E-state index contributed by atoms with van der Waals surface area (Å²) in [4.78, 5) is 24.8. The van der Waals surface area contributed by atoms with Gasteiger partial charge in [0.15, 0.2) is 0 Å². The van der Waals surface area contributed by atoms with Crippen molar-refractivity contribution in [1.29, 1.82) is 0 Å². The van der Waals surface area contributed by atoms with Crippen molar-refractivity contribution in [1.82, 2.24) is 10.3 Å². The number of aromatic amines is 1. The third-order valence-electron chi connectivity index (χ3n) is 2.58. The van der Waals surface area contributed by atoms with Gasteiger partial charge in [0, 0.05) is 12.3 Å². The molecule has 1 saturated carbocycles. The van der Waals surface area contributed by atoms with E-state index in [9.17, 15) is 9.59 Å². The lowest BCUT2D eigenvalue weighted by molar-refractivity contribution is 0.0906. The van der Waals surface area contributed by atoms with Gasteiger partial charge in [-0.15, -0.1) is 0 Å². The summed E-state index contributed by atoms with van der Waals surface area (Å²) in [6.07, 6.45) is 2.97. The Morgan fingerprint density at radius 3 is 2.73 bits per heavy atom. The summed E-state index contributed by atoms with van der Waals surface area (Å²) in [5.74, 6) is -0.266. The van der Waals surface area contributed by atoms with Crippen molar-refractivity contribution in [2.75, 3.05) is 6.61 Å². The number of aromatic nitrogens is 1. The van der Waals surface area contributed by atoms with E-state index in [-0.39, 0.29) is 18.1 Å². The third-order valence-corrected chi connectivity index (χ3v) is 2.58. The van der Waals surface area contributed by atoms with Crippen molar-refractivity contribution < 1.29 is 9.90 Å². The summed E-state index contributed by atoms with van der Waals surface area (Å²) in [6, 6.07) is 2.76. The number of carbonyl (C=O) groups excluding carboxylic acids is 1. The Morgan fingerprint density at radius 1 is 1.53 bits per heavy atom. The van der Waals surface area contributed by atoms with Crippen molar-refractivity contribution in [2.24, 2.45) is 0 Å². The molecule has 0 aromatic carbocycles. The highest BCUT2D eigenvalue weighted by atomic mass is 16.3. The van der Waals surface area contributed by atoms with Crippen LogP contribution >= 0.6 is 0 Å². The Kier molecular flexibility index (Phi) is 2.32. The molecule has 0 bridgehead atoms. The first-order chi connectivity index (χ1) is 7.15. The van der Waals surface area contributed by atoms with Gasteiger partial charge in [0.2, 0.25) is 5.56 Å². The van der Waals surface area contributed by atoms with Crippen LogP contribution in [0.5, 0.6) is 0 Å². The molecule has 1 fully saturated rings. The Labute approximate surface area is 86.1 Å². The first-order valence-electron chi connectivity index (χ1n) is 4.77. The molecule has 1 aromatic heterocycles. The van der Waals surface area contributed by atoms with Gasteiger partial charge in [-0.1, -0.05) is 0 Å². The fourth-order valence-electron chi connectivity index (χ4n) is 1.34. The van der Waals surface area contributed by atoms with Gasteiger partial charge in [0.25, 0.3) is 5.91 Å². The monoisotopic (exact) mass is 208 g/mol. The van der Waals surface area contributed by atoms with Crippen molar-refractivity contribution in [3.05, 3.63) is 34.2 Å². The van der Waals surface area contributed by atoms with E-state index in [1.165, 1.54) is 18.3 Å². The number of rotatable bonds is 3. The van der Waals surface area contributed by atoms with Gasteiger partial charge in [0.05, 0.1) is 17.7 Å². The Morgan fingerprint density at radius 2 is 2.27 bits per heavy atom. The van der Waals surface area contributed by atoms with Crippen LogP contribution in [0.1, 0.15) is 23.2 Å². The Bertz CT molecular complexity index is 414. The van der Waals surface area contributed by atoms with E-state index in [2.05, 4.69) is 10.3 Å². The maximum Gasteiger partial charge on any atom is 0.253 e. The summed E-state index contributed by atoms with van der Waals surface area (Å²) >= 11 is 0. The number of amides is 1. The van der Waals surface area contributed by atoms with E-state index < -0.39 is 5.54 Å². The number of pyridine rings is 1. The molecule has 0 atom stereocenters. The van der Waals surface area contributed by atoms with Gasteiger partial charge in [-0.2, -0.15) is 0 Å². The summed E-state index contributed by atoms with van der Waals surface area (Å²) in [5, 5.41) is 11.8. The highest BCUT2D eigenvalue weighted by Crippen LogP contribution is 2.34. The van der Waals surface area contributed by atoms with Crippen LogP contribution in [0.15, 0.2) is 23.1 Å². The van der Waals surface area contributed by atoms with Crippen molar-refractivity contribution in [2.45, 2.75) is 18.4 Å². The van der Waals surface area contributed by atoms with Crippen molar-refractivity contribution in [3.8, 4) is 0 Å². The minimum Gasteiger partial charge on any atom is -0.394 e. The molecule has 0 spiro atoms. The number of hydrogen-bond acceptors (Lipinski definition) is 3. The Hall–Kier alpha value is -1.62. The number of H-pyrrole nitrogens is 1.